The minimum Gasteiger partial charge on any atom is -0.465 e. The molecule has 0 radical (unpaired) electrons. The van der Waals surface area contributed by atoms with E-state index in [0.717, 1.165) is 6.42 Å². The Kier molecular flexibility index (Phi) is 6.11. The number of ether oxygens (including phenoxy) is 1. The van der Waals surface area contributed by atoms with E-state index in [9.17, 15) is 13.2 Å². The Hall–Kier alpha value is -2.18. The molecule has 5 nitrogen and oxygen atoms in total. The number of hydrogen-bond acceptors (Lipinski definition) is 4. The molecule has 0 saturated carbocycles. The average Bonchev–Trinajstić information content (AvgIpc) is 2.60. The highest BCUT2D eigenvalue weighted by Crippen LogP contribution is 2.13. The van der Waals surface area contributed by atoms with Crippen LogP contribution in [0.4, 0.5) is 0 Å². The van der Waals surface area contributed by atoms with Gasteiger partial charge < -0.3 is 4.74 Å². The molecule has 24 heavy (non-hydrogen) atoms. The Morgan fingerprint density at radius 2 is 1.71 bits per heavy atom. The van der Waals surface area contributed by atoms with Crippen molar-refractivity contribution in [1.29, 1.82) is 0 Å². The molecule has 0 aromatic heterocycles. The van der Waals surface area contributed by atoms with Crippen molar-refractivity contribution in [1.82, 2.24) is 4.72 Å². The Morgan fingerprint density at radius 3 is 2.29 bits per heavy atom. The maximum atomic E-state index is 12.4. The number of esters is 1. The van der Waals surface area contributed by atoms with E-state index in [0.29, 0.717) is 12.0 Å². The van der Waals surface area contributed by atoms with Gasteiger partial charge in [-0.05, 0) is 49.6 Å². The van der Waals surface area contributed by atoms with Gasteiger partial charge >= 0.3 is 5.97 Å². The monoisotopic (exact) mass is 347 g/mol. The highest BCUT2D eigenvalue weighted by molar-refractivity contribution is 7.89. The number of rotatable bonds is 7. The molecule has 0 aliphatic carbocycles. The van der Waals surface area contributed by atoms with Gasteiger partial charge in [0.15, 0.2) is 0 Å². The van der Waals surface area contributed by atoms with E-state index in [1.54, 1.807) is 0 Å². The maximum absolute atomic E-state index is 12.4. The van der Waals surface area contributed by atoms with Gasteiger partial charge in [-0.2, -0.15) is 0 Å². The van der Waals surface area contributed by atoms with Gasteiger partial charge in [-0.25, -0.2) is 17.9 Å². The molecule has 0 spiro atoms. The quantitative estimate of drug-likeness (QED) is 0.782. The zero-order chi connectivity index (χ0) is 17.6. The first-order valence-electron chi connectivity index (χ1n) is 7.67. The second kappa shape index (κ2) is 8.08. The lowest BCUT2D eigenvalue weighted by Gasteiger charge is -2.14. The van der Waals surface area contributed by atoms with E-state index in [4.69, 9.17) is 0 Å². The molecular formula is C18H21NO4S. The third-order valence-electron chi connectivity index (χ3n) is 3.65. The van der Waals surface area contributed by atoms with Gasteiger partial charge in [-0.1, -0.05) is 30.3 Å². The van der Waals surface area contributed by atoms with Crippen molar-refractivity contribution in [2.45, 2.75) is 30.7 Å². The van der Waals surface area contributed by atoms with Crippen molar-refractivity contribution in [3.05, 3.63) is 65.7 Å². The predicted octanol–water partition coefficient (Wildman–Crippen LogP) is 2.77. The highest BCUT2D eigenvalue weighted by Gasteiger charge is 2.18. The molecule has 0 aliphatic rings. The molecule has 0 aliphatic heterocycles. The normalized spacial score (nSPS) is 12.6. The van der Waals surface area contributed by atoms with Gasteiger partial charge in [-0.3, -0.25) is 0 Å². The summed E-state index contributed by atoms with van der Waals surface area (Å²) < 4.78 is 32.0. The lowest BCUT2D eigenvalue weighted by Crippen LogP contribution is -2.33. The summed E-state index contributed by atoms with van der Waals surface area (Å²) in [4.78, 5) is 11.5. The van der Waals surface area contributed by atoms with Crippen molar-refractivity contribution in [3.63, 3.8) is 0 Å². The van der Waals surface area contributed by atoms with Crippen LogP contribution in [0.25, 0.3) is 0 Å². The number of methoxy groups -OCH3 is 1. The number of carbonyl (C=O) groups excluding carboxylic acids is 1. The number of hydrogen-bond donors (Lipinski definition) is 1. The van der Waals surface area contributed by atoms with Crippen molar-refractivity contribution in [3.8, 4) is 0 Å². The maximum Gasteiger partial charge on any atom is 0.337 e. The Balaban J connectivity index is 1.98. The number of benzene rings is 2. The van der Waals surface area contributed by atoms with Crippen LogP contribution in [0, 0.1) is 0 Å². The van der Waals surface area contributed by atoms with Crippen LogP contribution in [-0.4, -0.2) is 27.5 Å². The molecular weight excluding hydrogens is 326 g/mol. The Morgan fingerprint density at radius 1 is 1.08 bits per heavy atom. The summed E-state index contributed by atoms with van der Waals surface area (Å²) in [5.74, 6) is -0.497. The molecule has 0 heterocycles. The van der Waals surface area contributed by atoms with E-state index in [-0.39, 0.29) is 10.9 Å². The first-order valence-corrected chi connectivity index (χ1v) is 9.15. The second-order valence-corrected chi connectivity index (χ2v) is 7.28. The standard InChI is InChI=1S/C18H21NO4S/c1-14(8-9-15-6-4-3-5-7-15)19-24(21,22)17-12-10-16(11-13-17)18(20)23-2/h3-7,10-14,19H,8-9H2,1-2H3. The topological polar surface area (TPSA) is 72.5 Å². The third-order valence-corrected chi connectivity index (χ3v) is 5.26. The van der Waals surface area contributed by atoms with Crippen molar-refractivity contribution >= 4 is 16.0 Å². The zero-order valence-corrected chi connectivity index (χ0v) is 14.5. The van der Waals surface area contributed by atoms with E-state index < -0.39 is 16.0 Å². The number of sulfonamides is 1. The SMILES string of the molecule is COC(=O)c1ccc(S(=O)(=O)NC(C)CCc2ccccc2)cc1. The lowest BCUT2D eigenvalue weighted by atomic mass is 10.1. The van der Waals surface area contributed by atoms with E-state index >= 15 is 0 Å². The van der Waals surface area contributed by atoms with Crippen LogP contribution in [0.3, 0.4) is 0 Å². The van der Waals surface area contributed by atoms with Gasteiger partial charge in [-0.15, -0.1) is 0 Å². The van der Waals surface area contributed by atoms with Gasteiger partial charge in [0.1, 0.15) is 0 Å². The summed E-state index contributed by atoms with van der Waals surface area (Å²) in [7, 11) is -2.33. The molecule has 6 heteroatoms. The van der Waals surface area contributed by atoms with Gasteiger partial charge in [0.05, 0.1) is 17.6 Å². The summed E-state index contributed by atoms with van der Waals surface area (Å²) >= 11 is 0. The Labute approximate surface area is 142 Å². The fraction of sp³-hybridized carbons (Fsp3) is 0.278. The number of aryl methyl sites for hydroxylation is 1. The first-order chi connectivity index (χ1) is 11.4. The fourth-order valence-electron chi connectivity index (χ4n) is 2.31. The minimum atomic E-state index is -3.62. The zero-order valence-electron chi connectivity index (χ0n) is 13.7. The molecule has 0 fully saturated rings. The molecule has 2 rings (SSSR count). The summed E-state index contributed by atoms with van der Waals surface area (Å²) in [6, 6.07) is 15.4. The molecule has 0 saturated heterocycles. The summed E-state index contributed by atoms with van der Waals surface area (Å²) in [5.41, 5.74) is 1.49. The average molecular weight is 347 g/mol. The molecule has 1 unspecified atom stereocenters. The Bertz CT molecular complexity index is 770. The van der Waals surface area contributed by atoms with E-state index in [2.05, 4.69) is 9.46 Å². The molecule has 0 amide bonds. The molecule has 0 bridgehead atoms. The molecule has 2 aromatic carbocycles. The molecule has 128 valence electrons. The molecule has 1 atom stereocenters. The minimum absolute atomic E-state index is 0.127. The molecule has 1 N–H and O–H groups in total. The van der Waals surface area contributed by atoms with Crippen LogP contribution in [-0.2, 0) is 21.2 Å². The number of nitrogens with one attached hydrogen (secondary N) is 1. The van der Waals surface area contributed by atoms with Crippen LogP contribution in [0.1, 0.15) is 29.3 Å². The van der Waals surface area contributed by atoms with Crippen molar-refractivity contribution in [2.75, 3.05) is 7.11 Å². The summed E-state index contributed by atoms with van der Waals surface area (Å²) in [5, 5.41) is 0. The molecule has 2 aromatic rings. The van der Waals surface area contributed by atoms with Crippen LogP contribution >= 0.6 is 0 Å². The van der Waals surface area contributed by atoms with E-state index in [1.165, 1.54) is 36.9 Å². The second-order valence-electron chi connectivity index (χ2n) is 5.56. The smallest absolute Gasteiger partial charge is 0.337 e. The van der Waals surface area contributed by atoms with Crippen LogP contribution in [0.2, 0.25) is 0 Å². The van der Waals surface area contributed by atoms with Crippen LogP contribution in [0.15, 0.2) is 59.5 Å². The lowest BCUT2D eigenvalue weighted by molar-refractivity contribution is 0.0600. The summed E-state index contributed by atoms with van der Waals surface area (Å²) in [6.45, 7) is 1.84. The van der Waals surface area contributed by atoms with E-state index in [1.807, 2.05) is 37.3 Å². The highest BCUT2D eigenvalue weighted by atomic mass is 32.2. The fourth-order valence-corrected chi connectivity index (χ4v) is 3.59. The summed E-state index contributed by atoms with van der Waals surface area (Å²) in [6.07, 6.45) is 1.50. The number of carbonyl (C=O) groups is 1. The van der Waals surface area contributed by atoms with Gasteiger partial charge in [0.25, 0.3) is 0 Å². The largest absolute Gasteiger partial charge is 0.465 e. The first kappa shape index (κ1) is 18.2. The van der Waals surface area contributed by atoms with Gasteiger partial charge in [0, 0.05) is 6.04 Å². The predicted molar refractivity (Wildman–Crippen MR) is 92.3 cm³/mol. The third kappa shape index (κ3) is 4.91. The van der Waals surface area contributed by atoms with Crippen molar-refractivity contribution < 1.29 is 17.9 Å². The van der Waals surface area contributed by atoms with Crippen LogP contribution in [0.5, 0.6) is 0 Å². The van der Waals surface area contributed by atoms with Crippen molar-refractivity contribution in [2.24, 2.45) is 0 Å². The van der Waals surface area contributed by atoms with Crippen LogP contribution < -0.4 is 4.72 Å². The van der Waals surface area contributed by atoms with Gasteiger partial charge in [0.2, 0.25) is 10.0 Å².